The number of thioether (sulfide) groups is 1. The Balaban J connectivity index is 1.76. The van der Waals surface area contributed by atoms with Crippen molar-refractivity contribution in [1.29, 1.82) is 0 Å². The van der Waals surface area contributed by atoms with Crippen LogP contribution in [0.2, 0.25) is 0 Å². The van der Waals surface area contributed by atoms with E-state index in [9.17, 15) is 4.79 Å². The van der Waals surface area contributed by atoms with Gasteiger partial charge in [0, 0.05) is 22.3 Å². The summed E-state index contributed by atoms with van der Waals surface area (Å²) in [4.78, 5) is 14.6. The summed E-state index contributed by atoms with van der Waals surface area (Å²) >= 11 is 4.33. The number of rotatable bonds is 8. The van der Waals surface area contributed by atoms with Crippen molar-refractivity contribution in [2.45, 2.75) is 22.5 Å². The van der Waals surface area contributed by atoms with Crippen molar-refractivity contribution >= 4 is 40.4 Å². The van der Waals surface area contributed by atoms with Gasteiger partial charge < -0.3 is 9.64 Å². The van der Waals surface area contributed by atoms with Crippen LogP contribution < -0.4 is 0 Å². The van der Waals surface area contributed by atoms with E-state index in [1.165, 1.54) is 16.7 Å². The molecule has 1 aliphatic heterocycles. The number of halogens is 1. The zero-order chi connectivity index (χ0) is 23.1. The van der Waals surface area contributed by atoms with E-state index < -0.39 is 0 Å². The van der Waals surface area contributed by atoms with E-state index in [0.29, 0.717) is 6.54 Å². The molecule has 4 rings (SSSR count). The third kappa shape index (κ3) is 5.14. The minimum atomic E-state index is -0.384. The number of alkyl halides is 1. The molecule has 0 saturated carbocycles. The van der Waals surface area contributed by atoms with Gasteiger partial charge in [-0.25, -0.2) is 4.79 Å². The molecule has 33 heavy (non-hydrogen) atoms. The highest BCUT2D eigenvalue weighted by Gasteiger charge is 2.44. The van der Waals surface area contributed by atoms with Gasteiger partial charge in [-0.05, 0) is 23.1 Å². The van der Waals surface area contributed by atoms with Crippen molar-refractivity contribution in [3.63, 3.8) is 0 Å². The van der Waals surface area contributed by atoms with Gasteiger partial charge in [0.05, 0.1) is 4.75 Å². The molecule has 0 spiro atoms. The Morgan fingerprint density at radius 1 is 0.970 bits per heavy atom. The largest absolute Gasteiger partial charge is 0.445 e. The first-order valence-electron chi connectivity index (χ1n) is 11.1. The van der Waals surface area contributed by atoms with Crippen LogP contribution in [0.15, 0.2) is 104 Å². The molecular formula is C28H28INO2S. The molecule has 1 saturated heterocycles. The molecule has 1 aliphatic rings. The van der Waals surface area contributed by atoms with Crippen molar-refractivity contribution in [2.75, 3.05) is 17.6 Å². The molecule has 0 N–H and O–H groups in total. The summed E-state index contributed by atoms with van der Waals surface area (Å²) < 4.78 is 5.89. The molecule has 0 radical (unpaired) electrons. The highest BCUT2D eigenvalue weighted by molar-refractivity contribution is 14.1. The number of benzene rings is 3. The number of hydrogen-bond acceptors (Lipinski definition) is 3. The topological polar surface area (TPSA) is 29.5 Å². The molecule has 170 valence electrons. The Kier molecular flexibility index (Phi) is 8.15. The maximum absolute atomic E-state index is 12.7. The second kappa shape index (κ2) is 11.3. The highest BCUT2D eigenvalue weighted by Crippen LogP contribution is 2.52. The second-order valence-corrected chi connectivity index (χ2v) is 10.5. The van der Waals surface area contributed by atoms with E-state index in [-0.39, 0.29) is 28.7 Å². The maximum Gasteiger partial charge on any atom is 0.410 e. The lowest BCUT2D eigenvalue weighted by Gasteiger charge is -2.37. The summed E-state index contributed by atoms with van der Waals surface area (Å²) in [7, 11) is 0. The lowest BCUT2D eigenvalue weighted by Crippen LogP contribution is -2.37. The molecule has 3 aromatic rings. The summed E-state index contributed by atoms with van der Waals surface area (Å²) in [6.45, 7) is 4.57. The van der Waals surface area contributed by atoms with Crippen molar-refractivity contribution in [3.05, 3.63) is 120 Å². The van der Waals surface area contributed by atoms with Gasteiger partial charge in [-0.3, -0.25) is 0 Å². The van der Waals surface area contributed by atoms with E-state index in [1.54, 1.807) is 6.08 Å². The van der Waals surface area contributed by atoms with Gasteiger partial charge in [-0.2, -0.15) is 0 Å². The van der Waals surface area contributed by atoms with Crippen LogP contribution >= 0.6 is 34.4 Å². The van der Waals surface area contributed by atoms with Crippen LogP contribution in [-0.4, -0.2) is 39.9 Å². The predicted octanol–water partition coefficient (Wildman–Crippen LogP) is 6.91. The predicted molar refractivity (Wildman–Crippen MR) is 146 cm³/mol. The molecule has 3 aromatic carbocycles. The quantitative estimate of drug-likeness (QED) is 0.128. The van der Waals surface area contributed by atoms with Crippen LogP contribution in [0.3, 0.4) is 0 Å². The molecule has 1 heterocycles. The van der Waals surface area contributed by atoms with Crippen molar-refractivity contribution < 1.29 is 9.53 Å². The number of hydrogen-bond donors (Lipinski definition) is 0. The minimum absolute atomic E-state index is 0.167. The standard InChI is InChI=1S/C28H28INO2S/c1-2-18-32-27(31)30-21-26(19-25(30)20-29)33-28(22-12-6-3-7-13-22,23-14-8-4-9-15-23)24-16-10-5-11-17-24/h2-17,25-26H,1,18-21H2. The van der Waals surface area contributed by atoms with E-state index in [4.69, 9.17) is 4.74 Å². The fourth-order valence-electron chi connectivity index (χ4n) is 4.51. The SMILES string of the molecule is C=CCOC(=O)N1CC(SC(c2ccccc2)(c2ccccc2)c2ccccc2)CC1CI. The molecule has 5 heteroatoms. The third-order valence-electron chi connectivity index (χ3n) is 6.00. The van der Waals surface area contributed by atoms with E-state index in [2.05, 4.69) is 120 Å². The summed E-state index contributed by atoms with van der Waals surface area (Å²) in [5.74, 6) is 0. The van der Waals surface area contributed by atoms with Gasteiger partial charge in [-0.1, -0.05) is 126 Å². The smallest absolute Gasteiger partial charge is 0.410 e. The van der Waals surface area contributed by atoms with E-state index >= 15 is 0 Å². The average molecular weight is 570 g/mol. The van der Waals surface area contributed by atoms with Crippen molar-refractivity contribution in [2.24, 2.45) is 0 Å². The molecule has 0 aromatic heterocycles. The second-order valence-electron chi connectivity index (χ2n) is 8.08. The first kappa shape index (κ1) is 23.9. The zero-order valence-electron chi connectivity index (χ0n) is 18.5. The summed E-state index contributed by atoms with van der Waals surface area (Å²) in [5, 5.41) is 0.265. The molecule has 2 unspecified atom stereocenters. The summed E-state index contributed by atoms with van der Waals surface area (Å²) in [5.41, 5.74) is 3.73. The molecule has 3 nitrogen and oxygen atoms in total. The lowest BCUT2D eigenvalue weighted by molar-refractivity contribution is 0.111. The van der Waals surface area contributed by atoms with Crippen LogP contribution in [0.25, 0.3) is 0 Å². The monoisotopic (exact) mass is 569 g/mol. The number of likely N-dealkylation sites (tertiary alicyclic amines) is 1. The maximum atomic E-state index is 12.7. The van der Waals surface area contributed by atoms with Crippen molar-refractivity contribution in [3.8, 4) is 0 Å². The molecule has 0 bridgehead atoms. The molecule has 2 atom stereocenters. The van der Waals surface area contributed by atoms with Gasteiger partial charge in [-0.15, -0.1) is 11.8 Å². The van der Waals surface area contributed by atoms with Crippen LogP contribution in [-0.2, 0) is 9.48 Å². The van der Waals surface area contributed by atoms with Gasteiger partial charge in [0.15, 0.2) is 0 Å². The molecule has 1 amide bonds. The normalized spacial score (nSPS) is 18.2. The van der Waals surface area contributed by atoms with E-state index in [1.807, 2.05) is 16.7 Å². The first-order chi connectivity index (χ1) is 16.2. The fourth-order valence-corrected chi connectivity index (χ4v) is 7.22. The number of amides is 1. The van der Waals surface area contributed by atoms with Gasteiger partial charge in [0.1, 0.15) is 6.61 Å². The van der Waals surface area contributed by atoms with Crippen LogP contribution in [0.5, 0.6) is 0 Å². The van der Waals surface area contributed by atoms with Gasteiger partial charge in [0.25, 0.3) is 0 Å². The number of carbonyl (C=O) groups excluding carboxylic acids is 1. The molecule has 1 fully saturated rings. The average Bonchev–Trinajstić information content (AvgIpc) is 3.30. The first-order valence-corrected chi connectivity index (χ1v) is 13.5. The lowest BCUT2D eigenvalue weighted by atomic mass is 9.84. The Morgan fingerprint density at radius 3 is 1.88 bits per heavy atom. The fraction of sp³-hybridized carbons (Fsp3) is 0.250. The van der Waals surface area contributed by atoms with Gasteiger partial charge >= 0.3 is 6.09 Å². The zero-order valence-corrected chi connectivity index (χ0v) is 21.5. The van der Waals surface area contributed by atoms with Crippen molar-refractivity contribution in [1.82, 2.24) is 4.90 Å². The number of carbonyl (C=O) groups is 1. The Hall–Kier alpha value is -2.25. The van der Waals surface area contributed by atoms with Crippen LogP contribution in [0, 0.1) is 0 Å². The Bertz CT molecular complexity index is 949. The van der Waals surface area contributed by atoms with E-state index in [0.717, 1.165) is 10.8 Å². The van der Waals surface area contributed by atoms with Crippen LogP contribution in [0.1, 0.15) is 23.1 Å². The summed E-state index contributed by atoms with van der Waals surface area (Å²) in [6.07, 6.45) is 2.31. The van der Waals surface area contributed by atoms with Gasteiger partial charge in [0.2, 0.25) is 0 Å². The minimum Gasteiger partial charge on any atom is -0.445 e. The van der Waals surface area contributed by atoms with Crippen LogP contribution in [0.4, 0.5) is 4.79 Å². The number of nitrogens with zero attached hydrogens (tertiary/aromatic N) is 1. The third-order valence-corrected chi connectivity index (χ3v) is 8.75. The Labute approximate surface area is 214 Å². The molecule has 0 aliphatic carbocycles. The molecular weight excluding hydrogens is 541 g/mol. The number of ether oxygens (including phenoxy) is 1. The highest BCUT2D eigenvalue weighted by atomic mass is 127. The Morgan fingerprint density at radius 2 is 1.45 bits per heavy atom. The summed E-state index contributed by atoms with van der Waals surface area (Å²) in [6, 6.07) is 32.3.